The minimum atomic E-state index is 0.144. The molecule has 21 heavy (non-hydrogen) atoms. The lowest BCUT2D eigenvalue weighted by atomic mass is 10.1. The number of nitrogens with two attached hydrogens (primary N) is 1. The van der Waals surface area contributed by atoms with Crippen LogP contribution in [0.2, 0.25) is 0 Å². The van der Waals surface area contributed by atoms with E-state index >= 15 is 0 Å². The molecule has 0 fully saturated rings. The van der Waals surface area contributed by atoms with E-state index < -0.39 is 0 Å². The van der Waals surface area contributed by atoms with Crippen LogP contribution >= 0.6 is 0 Å². The predicted octanol–water partition coefficient (Wildman–Crippen LogP) is 2.65. The van der Waals surface area contributed by atoms with Crippen LogP contribution in [0.25, 0.3) is 0 Å². The fourth-order valence-electron chi connectivity index (χ4n) is 2.22. The van der Waals surface area contributed by atoms with Gasteiger partial charge in [-0.05, 0) is 43.2 Å². The summed E-state index contributed by atoms with van der Waals surface area (Å²) < 4.78 is 0. The van der Waals surface area contributed by atoms with Crippen LogP contribution in [0.4, 0.5) is 5.69 Å². The van der Waals surface area contributed by atoms with Crippen LogP contribution in [0.3, 0.4) is 0 Å². The normalized spacial score (nSPS) is 10.3. The Morgan fingerprint density at radius 2 is 2.10 bits per heavy atom. The van der Waals surface area contributed by atoms with Crippen molar-refractivity contribution in [2.24, 2.45) is 0 Å². The van der Waals surface area contributed by atoms with Crippen LogP contribution in [-0.2, 0) is 17.8 Å². The molecule has 0 saturated heterocycles. The zero-order chi connectivity index (χ0) is 15.1. The maximum Gasteiger partial charge on any atom is 0.223 e. The Morgan fingerprint density at radius 3 is 2.76 bits per heavy atom. The molecule has 110 valence electrons. The summed E-state index contributed by atoms with van der Waals surface area (Å²) in [6, 6.07) is 13.4. The number of hydrogen-bond donors (Lipinski definition) is 1. The monoisotopic (exact) mass is 283 g/mol. The summed E-state index contributed by atoms with van der Waals surface area (Å²) in [4.78, 5) is 18.4. The maximum absolute atomic E-state index is 12.3. The van der Waals surface area contributed by atoms with Gasteiger partial charge in [-0.15, -0.1) is 0 Å². The molecular weight excluding hydrogens is 262 g/mol. The van der Waals surface area contributed by atoms with Crippen LogP contribution < -0.4 is 5.73 Å². The maximum atomic E-state index is 12.3. The number of carbonyl (C=O) groups excluding carboxylic acids is 1. The van der Waals surface area contributed by atoms with E-state index in [1.807, 2.05) is 54.3 Å². The molecule has 0 unspecified atom stereocenters. The lowest BCUT2D eigenvalue weighted by molar-refractivity contribution is -0.131. The molecule has 0 atom stereocenters. The average molecular weight is 283 g/mol. The van der Waals surface area contributed by atoms with E-state index in [4.69, 9.17) is 5.73 Å². The minimum absolute atomic E-state index is 0.144. The SMILES string of the molecule is CCN(Cc1ccccn1)C(=O)CCc1cccc(N)c1. The molecule has 1 amide bonds. The summed E-state index contributed by atoms with van der Waals surface area (Å²) >= 11 is 0. The first kappa shape index (κ1) is 15.0. The van der Waals surface area contributed by atoms with Crippen molar-refractivity contribution in [1.82, 2.24) is 9.88 Å². The molecule has 0 spiro atoms. The number of benzene rings is 1. The second kappa shape index (κ2) is 7.43. The van der Waals surface area contributed by atoms with Crippen molar-refractivity contribution < 1.29 is 4.79 Å². The van der Waals surface area contributed by atoms with Crippen molar-refractivity contribution in [2.75, 3.05) is 12.3 Å². The molecular formula is C17H21N3O. The summed E-state index contributed by atoms with van der Waals surface area (Å²) in [6.45, 7) is 3.24. The molecule has 2 rings (SSSR count). The van der Waals surface area contributed by atoms with E-state index in [-0.39, 0.29) is 5.91 Å². The highest BCUT2D eigenvalue weighted by Gasteiger charge is 2.12. The van der Waals surface area contributed by atoms with Gasteiger partial charge in [0.05, 0.1) is 12.2 Å². The fraction of sp³-hybridized carbons (Fsp3) is 0.294. The number of anilines is 1. The molecule has 1 aromatic heterocycles. The van der Waals surface area contributed by atoms with Gasteiger partial charge in [-0.2, -0.15) is 0 Å². The average Bonchev–Trinajstić information content (AvgIpc) is 2.51. The number of aromatic nitrogens is 1. The highest BCUT2D eigenvalue weighted by Crippen LogP contribution is 2.11. The first-order valence-corrected chi connectivity index (χ1v) is 7.21. The zero-order valence-electron chi connectivity index (χ0n) is 12.3. The lowest BCUT2D eigenvalue weighted by Gasteiger charge is -2.20. The van der Waals surface area contributed by atoms with Gasteiger partial charge in [0.1, 0.15) is 0 Å². The van der Waals surface area contributed by atoms with E-state index in [1.54, 1.807) is 6.20 Å². The van der Waals surface area contributed by atoms with Gasteiger partial charge in [0.25, 0.3) is 0 Å². The number of nitrogens with zero attached hydrogens (tertiary/aromatic N) is 2. The Morgan fingerprint density at radius 1 is 1.24 bits per heavy atom. The van der Waals surface area contributed by atoms with E-state index in [1.165, 1.54) is 0 Å². The summed E-state index contributed by atoms with van der Waals surface area (Å²) in [5.41, 5.74) is 8.49. The van der Waals surface area contributed by atoms with E-state index in [0.717, 1.165) is 16.9 Å². The first-order valence-electron chi connectivity index (χ1n) is 7.21. The van der Waals surface area contributed by atoms with Crippen molar-refractivity contribution in [2.45, 2.75) is 26.3 Å². The van der Waals surface area contributed by atoms with E-state index in [0.29, 0.717) is 25.9 Å². The summed E-state index contributed by atoms with van der Waals surface area (Å²) in [7, 11) is 0. The summed E-state index contributed by atoms with van der Waals surface area (Å²) in [5, 5.41) is 0. The molecule has 2 aromatic rings. The zero-order valence-corrected chi connectivity index (χ0v) is 12.3. The topological polar surface area (TPSA) is 59.2 Å². The van der Waals surface area contributed by atoms with Gasteiger partial charge in [-0.25, -0.2) is 0 Å². The van der Waals surface area contributed by atoms with Crippen molar-refractivity contribution in [3.8, 4) is 0 Å². The van der Waals surface area contributed by atoms with Crippen molar-refractivity contribution in [1.29, 1.82) is 0 Å². The van der Waals surface area contributed by atoms with Gasteiger partial charge in [0, 0.05) is 24.8 Å². The van der Waals surface area contributed by atoms with Crippen LogP contribution in [0.5, 0.6) is 0 Å². The van der Waals surface area contributed by atoms with Crippen molar-refractivity contribution in [3.63, 3.8) is 0 Å². The standard InChI is InChI=1S/C17H21N3O/c1-2-20(13-16-8-3-4-11-19-16)17(21)10-9-14-6-5-7-15(18)12-14/h3-8,11-12H,2,9-10,13,18H2,1H3. The Bertz CT molecular complexity index is 584. The largest absolute Gasteiger partial charge is 0.399 e. The Hall–Kier alpha value is -2.36. The van der Waals surface area contributed by atoms with Crippen LogP contribution in [0.1, 0.15) is 24.6 Å². The Balaban J connectivity index is 1.91. The summed E-state index contributed by atoms with van der Waals surface area (Å²) in [6.07, 6.45) is 2.95. The Labute approximate surface area is 125 Å². The number of aryl methyl sites for hydroxylation is 1. The van der Waals surface area contributed by atoms with Crippen LogP contribution in [0, 0.1) is 0 Å². The van der Waals surface area contributed by atoms with Crippen molar-refractivity contribution in [3.05, 3.63) is 59.9 Å². The molecule has 0 aliphatic carbocycles. The number of carbonyl (C=O) groups is 1. The molecule has 1 aromatic carbocycles. The number of amides is 1. The van der Waals surface area contributed by atoms with Gasteiger partial charge in [0.15, 0.2) is 0 Å². The van der Waals surface area contributed by atoms with Crippen LogP contribution in [-0.4, -0.2) is 22.3 Å². The number of nitrogen functional groups attached to an aromatic ring is 1. The third-order valence-electron chi connectivity index (χ3n) is 3.39. The van der Waals surface area contributed by atoms with Gasteiger partial charge in [-0.1, -0.05) is 18.2 Å². The number of hydrogen-bond acceptors (Lipinski definition) is 3. The lowest BCUT2D eigenvalue weighted by Crippen LogP contribution is -2.30. The highest BCUT2D eigenvalue weighted by atomic mass is 16.2. The molecule has 0 aliphatic rings. The quantitative estimate of drug-likeness (QED) is 0.829. The molecule has 4 heteroatoms. The van der Waals surface area contributed by atoms with E-state index in [2.05, 4.69) is 4.98 Å². The first-order chi connectivity index (χ1) is 10.2. The predicted molar refractivity (Wildman–Crippen MR) is 84.5 cm³/mol. The number of rotatable bonds is 6. The third-order valence-corrected chi connectivity index (χ3v) is 3.39. The highest BCUT2D eigenvalue weighted by molar-refractivity contribution is 5.76. The molecule has 0 aliphatic heterocycles. The van der Waals surface area contributed by atoms with E-state index in [9.17, 15) is 4.79 Å². The molecule has 4 nitrogen and oxygen atoms in total. The smallest absolute Gasteiger partial charge is 0.223 e. The van der Waals surface area contributed by atoms with Crippen molar-refractivity contribution >= 4 is 11.6 Å². The minimum Gasteiger partial charge on any atom is -0.399 e. The number of pyridine rings is 1. The molecule has 0 saturated carbocycles. The van der Waals surface area contributed by atoms with Gasteiger partial charge < -0.3 is 10.6 Å². The van der Waals surface area contributed by atoms with Gasteiger partial charge in [-0.3, -0.25) is 9.78 Å². The van der Waals surface area contributed by atoms with Gasteiger partial charge in [0.2, 0.25) is 5.91 Å². The van der Waals surface area contributed by atoms with Crippen LogP contribution in [0.15, 0.2) is 48.7 Å². The molecule has 2 N–H and O–H groups in total. The van der Waals surface area contributed by atoms with Gasteiger partial charge >= 0.3 is 0 Å². The molecule has 1 heterocycles. The summed E-state index contributed by atoms with van der Waals surface area (Å²) in [5.74, 6) is 0.144. The molecule has 0 bridgehead atoms. The fourth-order valence-corrected chi connectivity index (χ4v) is 2.22. The second-order valence-corrected chi connectivity index (χ2v) is 4.97. The Kier molecular flexibility index (Phi) is 5.32. The molecule has 0 radical (unpaired) electrons. The second-order valence-electron chi connectivity index (χ2n) is 4.97. The third kappa shape index (κ3) is 4.60.